The molecule has 0 unspecified atom stereocenters. The minimum absolute atomic E-state index is 0.0158. The van der Waals surface area contributed by atoms with Crippen molar-refractivity contribution in [2.45, 2.75) is 25.7 Å². The fourth-order valence-corrected chi connectivity index (χ4v) is 3.91. The molecular formula is C20H19F2N3O3S. The van der Waals surface area contributed by atoms with Gasteiger partial charge in [-0.1, -0.05) is 13.0 Å². The van der Waals surface area contributed by atoms with Gasteiger partial charge in [-0.25, -0.2) is 21.9 Å². The van der Waals surface area contributed by atoms with E-state index in [0.717, 1.165) is 12.1 Å². The van der Waals surface area contributed by atoms with E-state index in [1.165, 1.54) is 35.9 Å². The van der Waals surface area contributed by atoms with Gasteiger partial charge in [0.2, 0.25) is 0 Å². The number of anilines is 1. The Kier molecular flexibility index (Phi) is 5.52. The average molecular weight is 419 g/mol. The summed E-state index contributed by atoms with van der Waals surface area (Å²) in [5.74, 6) is -2.09. The van der Waals surface area contributed by atoms with Crippen molar-refractivity contribution in [3.05, 3.63) is 71.1 Å². The van der Waals surface area contributed by atoms with Crippen molar-refractivity contribution < 1.29 is 22.0 Å². The predicted molar refractivity (Wildman–Crippen MR) is 105 cm³/mol. The van der Waals surface area contributed by atoms with Gasteiger partial charge in [0.25, 0.3) is 5.91 Å². The molecule has 0 bridgehead atoms. The zero-order valence-electron chi connectivity index (χ0n) is 16.0. The first-order valence-electron chi connectivity index (χ1n) is 8.80. The van der Waals surface area contributed by atoms with Crippen LogP contribution in [-0.4, -0.2) is 29.9 Å². The lowest BCUT2D eigenvalue weighted by molar-refractivity contribution is 0.102. The van der Waals surface area contributed by atoms with Gasteiger partial charge in [0.05, 0.1) is 27.6 Å². The SMILES string of the molecule is CCS(=O)(=O)c1cccc(NC(=O)c2c(C)nn(-c3ccc(F)cc3F)c2C)c1. The molecule has 0 saturated carbocycles. The fourth-order valence-electron chi connectivity index (χ4n) is 2.99. The lowest BCUT2D eigenvalue weighted by Gasteiger charge is -2.09. The first-order valence-corrected chi connectivity index (χ1v) is 10.4. The Hall–Kier alpha value is -3.07. The van der Waals surface area contributed by atoms with Crippen LogP contribution in [0.2, 0.25) is 0 Å². The number of halogens is 2. The molecule has 0 radical (unpaired) electrons. The van der Waals surface area contributed by atoms with E-state index < -0.39 is 27.4 Å². The van der Waals surface area contributed by atoms with E-state index in [4.69, 9.17) is 0 Å². The molecule has 6 nitrogen and oxygen atoms in total. The number of nitrogens with one attached hydrogen (secondary N) is 1. The number of aryl methyl sites for hydroxylation is 1. The Morgan fingerprint density at radius 1 is 1.14 bits per heavy atom. The number of hydrogen-bond donors (Lipinski definition) is 1. The number of nitrogens with zero attached hydrogens (tertiary/aromatic N) is 2. The largest absolute Gasteiger partial charge is 0.322 e. The Morgan fingerprint density at radius 3 is 2.52 bits per heavy atom. The predicted octanol–water partition coefficient (Wildman–Crippen LogP) is 3.81. The van der Waals surface area contributed by atoms with E-state index >= 15 is 0 Å². The highest BCUT2D eigenvalue weighted by Gasteiger charge is 2.21. The van der Waals surface area contributed by atoms with Crippen LogP contribution < -0.4 is 5.32 Å². The molecule has 29 heavy (non-hydrogen) atoms. The van der Waals surface area contributed by atoms with Crippen molar-refractivity contribution in [2.24, 2.45) is 0 Å². The minimum Gasteiger partial charge on any atom is -0.322 e. The highest BCUT2D eigenvalue weighted by atomic mass is 32.2. The highest BCUT2D eigenvalue weighted by Crippen LogP contribution is 2.23. The van der Waals surface area contributed by atoms with Gasteiger partial charge in [-0.15, -0.1) is 0 Å². The number of aromatic nitrogens is 2. The Bertz CT molecular complexity index is 1200. The molecule has 3 aromatic rings. The lowest BCUT2D eigenvalue weighted by atomic mass is 10.1. The summed E-state index contributed by atoms with van der Waals surface area (Å²) >= 11 is 0. The summed E-state index contributed by atoms with van der Waals surface area (Å²) in [5.41, 5.74) is 1.26. The number of benzene rings is 2. The summed E-state index contributed by atoms with van der Waals surface area (Å²) in [6.07, 6.45) is 0. The van der Waals surface area contributed by atoms with Crippen molar-refractivity contribution in [3.63, 3.8) is 0 Å². The maximum absolute atomic E-state index is 14.1. The molecule has 0 atom stereocenters. The summed E-state index contributed by atoms with van der Waals surface area (Å²) < 4.78 is 52.6. The van der Waals surface area contributed by atoms with Crippen molar-refractivity contribution in [2.75, 3.05) is 11.1 Å². The molecule has 3 rings (SSSR count). The van der Waals surface area contributed by atoms with Gasteiger partial charge >= 0.3 is 0 Å². The van der Waals surface area contributed by atoms with Crippen LogP contribution in [0.3, 0.4) is 0 Å². The summed E-state index contributed by atoms with van der Waals surface area (Å²) in [6, 6.07) is 9.03. The van der Waals surface area contributed by atoms with Crippen LogP contribution in [0.15, 0.2) is 47.4 Å². The Morgan fingerprint density at radius 2 is 1.86 bits per heavy atom. The second-order valence-electron chi connectivity index (χ2n) is 6.44. The van der Waals surface area contributed by atoms with Crippen molar-refractivity contribution in [1.29, 1.82) is 0 Å². The number of sulfone groups is 1. The maximum Gasteiger partial charge on any atom is 0.259 e. The molecule has 0 aliphatic carbocycles. The van der Waals surface area contributed by atoms with Crippen molar-refractivity contribution in [1.82, 2.24) is 9.78 Å². The Labute approximate surface area is 167 Å². The molecule has 2 aromatic carbocycles. The third-order valence-corrected chi connectivity index (χ3v) is 6.22. The van der Waals surface area contributed by atoms with Crippen LogP contribution in [0.4, 0.5) is 14.5 Å². The van der Waals surface area contributed by atoms with E-state index in [1.54, 1.807) is 19.9 Å². The second kappa shape index (κ2) is 7.75. The molecular weight excluding hydrogens is 400 g/mol. The maximum atomic E-state index is 14.1. The molecule has 9 heteroatoms. The number of carbonyl (C=O) groups is 1. The smallest absolute Gasteiger partial charge is 0.259 e. The summed E-state index contributed by atoms with van der Waals surface area (Å²) in [6.45, 7) is 4.73. The minimum atomic E-state index is -3.42. The summed E-state index contributed by atoms with van der Waals surface area (Å²) in [5, 5.41) is 6.86. The standard InChI is InChI=1S/C20H19F2N3O3S/c1-4-29(27,28)16-7-5-6-15(11-16)23-20(26)19-12(2)24-25(13(19)3)18-9-8-14(21)10-17(18)22/h5-11H,4H2,1-3H3,(H,23,26). The quantitative estimate of drug-likeness (QED) is 0.682. The van der Waals surface area contributed by atoms with Crippen LogP contribution in [0.1, 0.15) is 28.7 Å². The van der Waals surface area contributed by atoms with E-state index in [2.05, 4.69) is 10.4 Å². The van der Waals surface area contributed by atoms with Crippen LogP contribution in [0, 0.1) is 25.5 Å². The van der Waals surface area contributed by atoms with Gasteiger partial charge in [0.15, 0.2) is 15.7 Å². The second-order valence-corrected chi connectivity index (χ2v) is 8.72. The normalized spacial score (nSPS) is 11.5. The first kappa shape index (κ1) is 20.7. The van der Waals surface area contributed by atoms with Gasteiger partial charge in [-0.3, -0.25) is 4.79 Å². The van der Waals surface area contributed by atoms with E-state index in [-0.39, 0.29) is 21.9 Å². The number of hydrogen-bond acceptors (Lipinski definition) is 4. The topological polar surface area (TPSA) is 81.1 Å². The van der Waals surface area contributed by atoms with Crippen LogP contribution >= 0.6 is 0 Å². The zero-order valence-corrected chi connectivity index (χ0v) is 16.8. The third kappa shape index (κ3) is 4.04. The number of amides is 1. The molecule has 1 amide bonds. The van der Waals surface area contributed by atoms with Gasteiger partial charge in [0, 0.05) is 11.8 Å². The van der Waals surface area contributed by atoms with Crippen LogP contribution in [-0.2, 0) is 9.84 Å². The number of rotatable bonds is 5. The molecule has 0 aliphatic rings. The van der Waals surface area contributed by atoms with Gasteiger partial charge in [-0.05, 0) is 44.2 Å². The molecule has 1 heterocycles. The molecule has 152 valence electrons. The Balaban J connectivity index is 1.95. The lowest BCUT2D eigenvalue weighted by Crippen LogP contribution is -2.15. The van der Waals surface area contributed by atoms with Gasteiger partial charge in [-0.2, -0.15) is 5.10 Å². The number of carbonyl (C=O) groups excluding carboxylic acids is 1. The summed E-state index contributed by atoms with van der Waals surface area (Å²) in [7, 11) is -3.42. The third-order valence-electron chi connectivity index (χ3n) is 4.49. The highest BCUT2D eigenvalue weighted by molar-refractivity contribution is 7.91. The first-order chi connectivity index (χ1) is 13.6. The van der Waals surface area contributed by atoms with Crippen molar-refractivity contribution in [3.8, 4) is 5.69 Å². The van der Waals surface area contributed by atoms with Crippen molar-refractivity contribution >= 4 is 21.4 Å². The molecule has 0 saturated heterocycles. The molecule has 0 fully saturated rings. The monoisotopic (exact) mass is 419 g/mol. The summed E-state index contributed by atoms with van der Waals surface area (Å²) in [4.78, 5) is 12.9. The average Bonchev–Trinajstić information content (AvgIpc) is 2.96. The van der Waals surface area contributed by atoms with E-state index in [1.807, 2.05) is 0 Å². The zero-order chi connectivity index (χ0) is 21.3. The van der Waals surface area contributed by atoms with Crippen LogP contribution in [0.25, 0.3) is 5.69 Å². The molecule has 1 aromatic heterocycles. The molecule has 0 spiro atoms. The fraction of sp³-hybridized carbons (Fsp3) is 0.200. The van der Waals surface area contributed by atoms with Gasteiger partial charge in [0.1, 0.15) is 11.5 Å². The molecule has 0 aliphatic heterocycles. The molecule has 1 N–H and O–H groups in total. The van der Waals surface area contributed by atoms with Gasteiger partial charge < -0.3 is 5.32 Å². The van der Waals surface area contributed by atoms with E-state index in [0.29, 0.717) is 17.1 Å². The van der Waals surface area contributed by atoms with E-state index in [9.17, 15) is 22.0 Å². The van der Waals surface area contributed by atoms with Crippen LogP contribution in [0.5, 0.6) is 0 Å².